The number of aromatic amines is 1. The number of hydrogen-bond donors (Lipinski definition) is 8. The highest BCUT2D eigenvalue weighted by molar-refractivity contribution is 5.85. The molecule has 1 aromatic carbocycles. The second-order valence-corrected chi connectivity index (χ2v) is 10.8. The molecule has 1 fully saturated rings. The largest absolute Gasteiger partial charge is 0.480 e. The molecule has 1 saturated heterocycles. The number of carbonyl (C=O) groups is 3. The number of aromatic nitrogens is 2. The number of ether oxygens (including phenoxy) is 2. The van der Waals surface area contributed by atoms with Crippen LogP contribution in [0.15, 0.2) is 52.2 Å². The van der Waals surface area contributed by atoms with Crippen LogP contribution in [0, 0.1) is 5.92 Å². The van der Waals surface area contributed by atoms with E-state index in [1.165, 1.54) is 0 Å². The molecule has 0 radical (unpaired) electrons. The average molecular weight is 622 g/mol. The highest BCUT2D eigenvalue weighted by Crippen LogP contribution is 2.31. The van der Waals surface area contributed by atoms with Crippen LogP contribution in [0.5, 0.6) is 0 Å². The van der Waals surface area contributed by atoms with Crippen LogP contribution in [-0.2, 0) is 25.7 Å². The van der Waals surface area contributed by atoms with Crippen LogP contribution in [-0.4, -0.2) is 97.5 Å². The molecular formula is C28H39N5O11. The number of aliphatic hydroxyl groups is 3. The summed E-state index contributed by atoms with van der Waals surface area (Å²) in [4.78, 5) is 62.4. The first-order chi connectivity index (χ1) is 20.9. The fourth-order valence-electron chi connectivity index (χ4n) is 4.66. The van der Waals surface area contributed by atoms with Gasteiger partial charge in [0, 0.05) is 18.8 Å². The lowest BCUT2D eigenvalue weighted by molar-refractivity contribution is -0.149. The van der Waals surface area contributed by atoms with Gasteiger partial charge < -0.3 is 45.9 Å². The van der Waals surface area contributed by atoms with Crippen molar-refractivity contribution in [3.8, 4) is 0 Å². The SMILES string of the molecule is CC(C)CC(NC(=O)OCc1ccccc1)C(=O)NCCCNC(C(=O)O)C(O)C1OC(n2ccc(=O)[nH]c2=O)C(O)C1O. The maximum absolute atomic E-state index is 12.8. The third kappa shape index (κ3) is 9.45. The average Bonchev–Trinajstić information content (AvgIpc) is 3.26. The first kappa shape index (κ1) is 34.4. The number of carboxylic acid groups (broad SMARTS) is 1. The van der Waals surface area contributed by atoms with Crippen molar-refractivity contribution >= 4 is 18.0 Å². The van der Waals surface area contributed by atoms with Gasteiger partial charge in [-0.25, -0.2) is 9.59 Å². The van der Waals surface area contributed by atoms with Gasteiger partial charge in [0.1, 0.15) is 43.1 Å². The number of benzene rings is 1. The van der Waals surface area contributed by atoms with Crippen LogP contribution in [0.2, 0.25) is 0 Å². The van der Waals surface area contributed by atoms with E-state index in [9.17, 15) is 44.4 Å². The Hall–Kier alpha value is -4.09. The van der Waals surface area contributed by atoms with E-state index in [0.29, 0.717) is 6.42 Å². The van der Waals surface area contributed by atoms with Gasteiger partial charge in [0.15, 0.2) is 6.23 Å². The van der Waals surface area contributed by atoms with Crippen molar-refractivity contribution < 1.29 is 44.3 Å². The van der Waals surface area contributed by atoms with Crippen molar-refractivity contribution in [1.82, 2.24) is 25.5 Å². The van der Waals surface area contributed by atoms with Gasteiger partial charge in [-0.15, -0.1) is 0 Å². The van der Waals surface area contributed by atoms with Crippen molar-refractivity contribution in [2.75, 3.05) is 13.1 Å². The van der Waals surface area contributed by atoms with E-state index in [2.05, 4.69) is 16.0 Å². The summed E-state index contributed by atoms with van der Waals surface area (Å²) in [6.45, 7) is 3.93. The van der Waals surface area contributed by atoms with E-state index >= 15 is 0 Å². The van der Waals surface area contributed by atoms with Crippen LogP contribution in [0.4, 0.5) is 4.79 Å². The Balaban J connectivity index is 1.49. The quantitative estimate of drug-likeness (QED) is 0.105. The number of amides is 2. The summed E-state index contributed by atoms with van der Waals surface area (Å²) in [5.74, 6) is -1.86. The third-order valence-corrected chi connectivity index (χ3v) is 6.89. The van der Waals surface area contributed by atoms with E-state index in [0.717, 1.165) is 22.4 Å². The Morgan fingerprint density at radius 2 is 1.77 bits per heavy atom. The number of carboxylic acids is 1. The second-order valence-electron chi connectivity index (χ2n) is 10.8. The number of nitrogens with zero attached hydrogens (tertiary/aromatic N) is 1. The number of rotatable bonds is 15. The highest BCUT2D eigenvalue weighted by atomic mass is 16.6. The zero-order valence-corrected chi connectivity index (χ0v) is 24.3. The standard InChI is InChI=1S/C28H39N5O11/c1-15(2)13-17(31-28(42)43-14-16-7-4-3-5-8-16)24(38)30-11-6-10-29-19(26(39)40)20(35)23-21(36)22(37)25(44-23)33-12-9-18(34)32-27(33)41/h3-5,7-9,12,15,17,19-23,25,29,35-37H,6,10-11,13-14H2,1-2H3,(H,30,38)(H,31,42)(H,39,40)(H,32,34,41). The fourth-order valence-corrected chi connectivity index (χ4v) is 4.66. The Bertz CT molecular complexity index is 1370. The molecule has 0 spiro atoms. The number of hydrogen-bond acceptors (Lipinski definition) is 11. The maximum Gasteiger partial charge on any atom is 0.408 e. The molecule has 2 aromatic rings. The second kappa shape index (κ2) is 16.1. The molecular weight excluding hydrogens is 582 g/mol. The Morgan fingerprint density at radius 3 is 2.41 bits per heavy atom. The van der Waals surface area contributed by atoms with Crippen LogP contribution >= 0.6 is 0 Å². The molecule has 3 rings (SSSR count). The molecule has 1 aromatic heterocycles. The van der Waals surface area contributed by atoms with E-state index in [1.807, 2.05) is 37.0 Å². The van der Waals surface area contributed by atoms with E-state index in [-0.39, 0.29) is 32.0 Å². The van der Waals surface area contributed by atoms with Crippen molar-refractivity contribution in [3.05, 3.63) is 69.0 Å². The lowest BCUT2D eigenvalue weighted by Crippen LogP contribution is -2.54. The molecule has 7 atom stereocenters. The fraction of sp³-hybridized carbons (Fsp3) is 0.536. The predicted molar refractivity (Wildman–Crippen MR) is 153 cm³/mol. The smallest absolute Gasteiger partial charge is 0.408 e. The van der Waals surface area contributed by atoms with Gasteiger partial charge >= 0.3 is 17.8 Å². The summed E-state index contributed by atoms with van der Waals surface area (Å²) in [6.07, 6.45) is -7.59. The van der Waals surface area contributed by atoms with Crippen LogP contribution in [0.25, 0.3) is 0 Å². The minimum Gasteiger partial charge on any atom is -0.480 e. The summed E-state index contributed by atoms with van der Waals surface area (Å²) in [6, 6.07) is 7.53. The summed E-state index contributed by atoms with van der Waals surface area (Å²) >= 11 is 0. The van der Waals surface area contributed by atoms with Gasteiger partial charge in [-0.3, -0.25) is 23.9 Å². The van der Waals surface area contributed by atoms with Crippen molar-refractivity contribution in [1.29, 1.82) is 0 Å². The number of aliphatic carboxylic acids is 1. The van der Waals surface area contributed by atoms with E-state index in [1.54, 1.807) is 12.1 Å². The molecule has 2 heterocycles. The lowest BCUT2D eigenvalue weighted by Gasteiger charge is -2.27. The summed E-state index contributed by atoms with van der Waals surface area (Å²) in [5.41, 5.74) is -0.844. The van der Waals surface area contributed by atoms with Gasteiger partial charge in [0.05, 0.1) is 0 Å². The molecule has 44 heavy (non-hydrogen) atoms. The van der Waals surface area contributed by atoms with E-state index < -0.39 is 71.9 Å². The first-order valence-corrected chi connectivity index (χ1v) is 14.1. The summed E-state index contributed by atoms with van der Waals surface area (Å²) in [7, 11) is 0. The Morgan fingerprint density at radius 1 is 1.07 bits per heavy atom. The van der Waals surface area contributed by atoms with Crippen molar-refractivity contribution in [3.63, 3.8) is 0 Å². The molecule has 16 heteroatoms. The minimum absolute atomic E-state index is 0.00385. The topological polar surface area (TPSA) is 242 Å². The van der Waals surface area contributed by atoms with Gasteiger partial charge in [-0.2, -0.15) is 0 Å². The zero-order chi connectivity index (χ0) is 32.4. The Kier molecular flexibility index (Phi) is 12.6. The first-order valence-electron chi connectivity index (χ1n) is 14.1. The monoisotopic (exact) mass is 621 g/mol. The van der Waals surface area contributed by atoms with Gasteiger partial charge in [-0.05, 0) is 30.9 Å². The molecule has 1 aliphatic rings. The normalized spacial score (nSPS) is 21.8. The number of alkyl carbamates (subject to hydrolysis) is 1. The lowest BCUT2D eigenvalue weighted by atomic mass is 9.99. The Labute approximate surface area is 252 Å². The highest BCUT2D eigenvalue weighted by Gasteiger charge is 2.50. The van der Waals surface area contributed by atoms with Gasteiger partial charge in [-0.1, -0.05) is 44.2 Å². The van der Waals surface area contributed by atoms with Crippen LogP contribution in [0.3, 0.4) is 0 Å². The van der Waals surface area contributed by atoms with E-state index in [4.69, 9.17) is 9.47 Å². The van der Waals surface area contributed by atoms with Crippen LogP contribution < -0.4 is 27.2 Å². The number of H-pyrrole nitrogens is 1. The van der Waals surface area contributed by atoms with Gasteiger partial charge in [0.2, 0.25) is 5.91 Å². The molecule has 8 N–H and O–H groups in total. The number of aliphatic hydroxyl groups excluding tert-OH is 3. The molecule has 1 aliphatic heterocycles. The van der Waals surface area contributed by atoms with Crippen molar-refractivity contribution in [2.45, 2.75) is 76.0 Å². The predicted octanol–water partition coefficient (Wildman–Crippen LogP) is -1.59. The molecule has 7 unspecified atom stereocenters. The van der Waals surface area contributed by atoms with Gasteiger partial charge in [0.25, 0.3) is 5.56 Å². The molecule has 0 aliphatic carbocycles. The van der Waals surface area contributed by atoms with Crippen LogP contribution in [0.1, 0.15) is 38.5 Å². The molecule has 0 bridgehead atoms. The number of carbonyl (C=O) groups excluding carboxylic acids is 2. The molecule has 2 amide bonds. The summed E-state index contributed by atoms with van der Waals surface area (Å²) in [5, 5.41) is 49.1. The molecule has 242 valence electrons. The molecule has 16 nitrogen and oxygen atoms in total. The third-order valence-electron chi connectivity index (χ3n) is 6.89. The minimum atomic E-state index is -1.86. The maximum atomic E-state index is 12.8. The van der Waals surface area contributed by atoms with Crippen molar-refractivity contribution in [2.24, 2.45) is 5.92 Å². The number of nitrogens with one attached hydrogen (secondary N) is 4. The zero-order valence-electron chi connectivity index (χ0n) is 24.3. The molecule has 0 saturated carbocycles. The summed E-state index contributed by atoms with van der Waals surface area (Å²) < 4.78 is 11.5.